The number of rotatable bonds is 8. The first kappa shape index (κ1) is 17.9. The van der Waals surface area contributed by atoms with Gasteiger partial charge in [0.25, 0.3) is 0 Å². The number of nitrogens with one attached hydrogen (secondary N) is 1. The van der Waals surface area contributed by atoms with Crippen LogP contribution >= 0.6 is 11.8 Å². The topological polar surface area (TPSA) is 32.3 Å². The normalized spacial score (nSPS) is 12.6. The van der Waals surface area contributed by atoms with Crippen molar-refractivity contribution in [2.75, 3.05) is 18.6 Å². The minimum atomic E-state index is -0.596. The smallest absolute Gasteiger partial charge is 0.128 e. The molecule has 2 N–H and O–H groups in total. The number of hydrogen-bond donors (Lipinski definition) is 2. The summed E-state index contributed by atoms with van der Waals surface area (Å²) in [7, 11) is 0. The van der Waals surface area contributed by atoms with Crippen molar-refractivity contribution in [3.63, 3.8) is 0 Å². The molecular weight excluding hydrogens is 316 g/mol. The van der Waals surface area contributed by atoms with Crippen LogP contribution in [0.25, 0.3) is 0 Å². The van der Waals surface area contributed by atoms with E-state index in [4.69, 9.17) is 0 Å². The largest absolute Gasteiger partial charge is 0.396 e. The number of aliphatic hydroxyl groups excluding tert-OH is 1. The van der Waals surface area contributed by atoms with Crippen LogP contribution in [0.2, 0.25) is 0 Å². The van der Waals surface area contributed by atoms with Crippen LogP contribution in [0.3, 0.4) is 0 Å². The van der Waals surface area contributed by atoms with E-state index in [9.17, 15) is 13.9 Å². The quantitative estimate of drug-likeness (QED) is 0.769. The maximum absolute atomic E-state index is 14.3. The lowest BCUT2D eigenvalue weighted by Crippen LogP contribution is -2.37. The van der Waals surface area contributed by atoms with Crippen molar-refractivity contribution < 1.29 is 13.9 Å². The molecule has 1 unspecified atom stereocenters. The summed E-state index contributed by atoms with van der Waals surface area (Å²) in [5, 5.41) is 12.5. The van der Waals surface area contributed by atoms with Crippen LogP contribution in [0.15, 0.2) is 48.5 Å². The van der Waals surface area contributed by atoms with Gasteiger partial charge in [0.1, 0.15) is 11.6 Å². The van der Waals surface area contributed by atoms with Gasteiger partial charge in [0.2, 0.25) is 0 Å². The van der Waals surface area contributed by atoms with E-state index >= 15 is 0 Å². The van der Waals surface area contributed by atoms with Crippen LogP contribution < -0.4 is 5.32 Å². The van der Waals surface area contributed by atoms with Gasteiger partial charge in [0.05, 0.1) is 6.04 Å². The Balaban J connectivity index is 2.39. The van der Waals surface area contributed by atoms with Gasteiger partial charge in [-0.3, -0.25) is 0 Å². The summed E-state index contributed by atoms with van der Waals surface area (Å²) in [4.78, 5) is 0. The Labute approximate surface area is 139 Å². The molecule has 0 aliphatic rings. The molecule has 0 radical (unpaired) electrons. The predicted octanol–water partition coefficient (Wildman–Crippen LogP) is 3.76. The van der Waals surface area contributed by atoms with Gasteiger partial charge < -0.3 is 10.4 Å². The summed E-state index contributed by atoms with van der Waals surface area (Å²) in [6.07, 6.45) is 2.49. The van der Waals surface area contributed by atoms with Crippen molar-refractivity contribution in [2.24, 2.45) is 0 Å². The van der Waals surface area contributed by atoms with Crippen LogP contribution in [-0.2, 0) is 0 Å². The maximum atomic E-state index is 14.3. The Morgan fingerprint density at radius 3 is 1.96 bits per heavy atom. The van der Waals surface area contributed by atoms with Crippen LogP contribution in [0.5, 0.6) is 0 Å². The molecule has 0 aromatic heterocycles. The predicted molar refractivity (Wildman–Crippen MR) is 91.7 cm³/mol. The third-order valence-corrected chi connectivity index (χ3v) is 4.42. The van der Waals surface area contributed by atoms with E-state index in [0.717, 1.165) is 5.75 Å². The van der Waals surface area contributed by atoms with E-state index in [1.54, 1.807) is 48.2 Å². The lowest BCUT2D eigenvalue weighted by molar-refractivity contribution is 0.266. The van der Waals surface area contributed by atoms with Crippen molar-refractivity contribution in [2.45, 2.75) is 18.5 Å². The second-order valence-electron chi connectivity index (χ2n) is 5.31. The van der Waals surface area contributed by atoms with E-state index in [-0.39, 0.29) is 24.3 Å². The molecule has 0 aliphatic heterocycles. The van der Waals surface area contributed by atoms with Crippen LogP contribution in [0, 0.1) is 11.6 Å². The van der Waals surface area contributed by atoms with Gasteiger partial charge in [-0.05, 0) is 24.8 Å². The highest BCUT2D eigenvalue weighted by molar-refractivity contribution is 7.98. The standard InChI is InChI=1S/C18H21F2NOS/c1-23-12-13(10-11-22)21-18(14-6-2-4-8-16(14)19)15-7-3-5-9-17(15)20/h2-9,13,18,21-22H,10-12H2,1H3. The Hall–Kier alpha value is -1.43. The molecule has 5 heteroatoms. The highest BCUT2D eigenvalue weighted by atomic mass is 32.2. The second kappa shape index (κ2) is 9.01. The van der Waals surface area contributed by atoms with Crippen molar-refractivity contribution in [3.05, 3.63) is 71.3 Å². The molecule has 0 fully saturated rings. The fraction of sp³-hybridized carbons (Fsp3) is 0.333. The molecule has 0 aliphatic carbocycles. The van der Waals surface area contributed by atoms with Gasteiger partial charge in [-0.2, -0.15) is 11.8 Å². The van der Waals surface area contributed by atoms with Gasteiger partial charge in [-0.15, -0.1) is 0 Å². The first-order chi connectivity index (χ1) is 11.2. The van der Waals surface area contributed by atoms with Crippen molar-refractivity contribution in [1.82, 2.24) is 5.32 Å². The molecule has 1 atom stereocenters. The molecule has 0 bridgehead atoms. The molecule has 124 valence electrons. The summed E-state index contributed by atoms with van der Waals surface area (Å²) in [5.41, 5.74) is 0.809. The summed E-state index contributed by atoms with van der Waals surface area (Å²) in [6.45, 7) is 0.0273. The molecule has 23 heavy (non-hydrogen) atoms. The second-order valence-corrected chi connectivity index (χ2v) is 6.22. The third kappa shape index (κ3) is 4.77. The lowest BCUT2D eigenvalue weighted by Gasteiger charge is -2.26. The molecule has 0 spiro atoms. The summed E-state index contributed by atoms with van der Waals surface area (Å²) in [6, 6.07) is 12.1. The third-order valence-electron chi connectivity index (χ3n) is 3.68. The van der Waals surface area contributed by atoms with E-state index in [2.05, 4.69) is 5.32 Å². The fourth-order valence-corrected chi connectivity index (χ4v) is 3.24. The molecule has 0 amide bonds. The Morgan fingerprint density at radius 2 is 1.52 bits per heavy atom. The first-order valence-corrected chi connectivity index (χ1v) is 8.91. The Bertz CT molecular complexity index is 572. The van der Waals surface area contributed by atoms with Crippen molar-refractivity contribution >= 4 is 11.8 Å². The Morgan fingerprint density at radius 1 is 1.00 bits per heavy atom. The minimum Gasteiger partial charge on any atom is -0.396 e. The van der Waals surface area contributed by atoms with Crippen molar-refractivity contribution in [1.29, 1.82) is 0 Å². The van der Waals surface area contributed by atoms with Gasteiger partial charge in [0, 0.05) is 29.5 Å². The Kier molecular flexibility index (Phi) is 7.02. The number of halogens is 2. The molecule has 2 aromatic rings. The van der Waals surface area contributed by atoms with Gasteiger partial charge >= 0.3 is 0 Å². The zero-order valence-electron chi connectivity index (χ0n) is 13.0. The first-order valence-electron chi connectivity index (χ1n) is 7.52. The van der Waals surface area contributed by atoms with Crippen LogP contribution in [0.4, 0.5) is 8.78 Å². The SMILES string of the molecule is CSCC(CCO)NC(c1ccccc1F)c1ccccc1F. The number of thioether (sulfide) groups is 1. The van der Waals surface area contributed by atoms with E-state index in [0.29, 0.717) is 17.5 Å². The number of aliphatic hydroxyl groups is 1. The number of benzene rings is 2. The van der Waals surface area contributed by atoms with E-state index in [1.807, 2.05) is 6.26 Å². The molecule has 0 saturated heterocycles. The van der Waals surface area contributed by atoms with Gasteiger partial charge in [-0.25, -0.2) is 8.78 Å². The van der Waals surface area contributed by atoms with E-state index < -0.39 is 6.04 Å². The monoisotopic (exact) mass is 337 g/mol. The summed E-state index contributed by atoms with van der Waals surface area (Å²) < 4.78 is 28.5. The maximum Gasteiger partial charge on any atom is 0.128 e. The highest BCUT2D eigenvalue weighted by Gasteiger charge is 2.23. The molecular formula is C18H21F2NOS. The van der Waals surface area contributed by atoms with Crippen LogP contribution in [-0.4, -0.2) is 29.8 Å². The van der Waals surface area contributed by atoms with Gasteiger partial charge in [0.15, 0.2) is 0 Å². The molecule has 0 heterocycles. The zero-order chi connectivity index (χ0) is 16.7. The molecule has 2 nitrogen and oxygen atoms in total. The average molecular weight is 337 g/mol. The molecule has 0 saturated carbocycles. The summed E-state index contributed by atoms with van der Waals surface area (Å²) >= 11 is 1.63. The van der Waals surface area contributed by atoms with Crippen LogP contribution in [0.1, 0.15) is 23.6 Å². The van der Waals surface area contributed by atoms with E-state index in [1.165, 1.54) is 12.1 Å². The lowest BCUT2D eigenvalue weighted by atomic mass is 9.96. The van der Waals surface area contributed by atoms with Crippen molar-refractivity contribution in [3.8, 4) is 0 Å². The summed E-state index contributed by atoms with van der Waals surface area (Å²) in [5.74, 6) is 0.000249. The average Bonchev–Trinajstić information content (AvgIpc) is 2.54. The molecule has 2 rings (SSSR count). The minimum absolute atomic E-state index is 0.0273. The molecule has 2 aromatic carbocycles. The highest BCUT2D eigenvalue weighted by Crippen LogP contribution is 2.27. The fourth-order valence-electron chi connectivity index (χ4n) is 2.57. The number of hydrogen-bond acceptors (Lipinski definition) is 3. The van der Waals surface area contributed by atoms with Gasteiger partial charge in [-0.1, -0.05) is 36.4 Å². The zero-order valence-corrected chi connectivity index (χ0v) is 13.8.